The number of fused-ring (bicyclic) bond motifs is 1. The summed E-state index contributed by atoms with van der Waals surface area (Å²) in [5.74, 6) is 0.176. The molecule has 1 unspecified atom stereocenters. The molecule has 0 saturated heterocycles. The summed E-state index contributed by atoms with van der Waals surface area (Å²) in [5, 5.41) is 7.44. The predicted molar refractivity (Wildman–Crippen MR) is 85.3 cm³/mol. The third-order valence-electron chi connectivity index (χ3n) is 4.16. The van der Waals surface area contributed by atoms with Crippen LogP contribution >= 0.6 is 0 Å². The molecular weight excluding hydrogens is 276 g/mol. The smallest absolute Gasteiger partial charge is 0.239 e. The number of benzene rings is 1. The first kappa shape index (κ1) is 14.8. The SMILES string of the molecule is CC(NCCn1cccn1)C(=O)N1CCc2ccccc2C1. The Morgan fingerprint density at radius 3 is 2.91 bits per heavy atom. The van der Waals surface area contributed by atoms with Crippen molar-refractivity contribution < 1.29 is 4.79 Å². The number of hydrogen-bond acceptors (Lipinski definition) is 3. The number of nitrogens with zero attached hydrogens (tertiary/aromatic N) is 3. The van der Waals surface area contributed by atoms with Crippen LogP contribution in [0.3, 0.4) is 0 Å². The normalized spacial score (nSPS) is 15.4. The molecule has 22 heavy (non-hydrogen) atoms. The van der Waals surface area contributed by atoms with Crippen molar-refractivity contribution in [2.45, 2.75) is 32.5 Å². The van der Waals surface area contributed by atoms with Gasteiger partial charge in [-0.15, -0.1) is 0 Å². The van der Waals surface area contributed by atoms with E-state index in [0.29, 0.717) is 0 Å². The van der Waals surface area contributed by atoms with Gasteiger partial charge < -0.3 is 10.2 Å². The second-order valence-corrected chi connectivity index (χ2v) is 5.72. The molecule has 0 bridgehead atoms. The molecule has 3 rings (SSSR count). The first-order valence-corrected chi connectivity index (χ1v) is 7.80. The Hall–Kier alpha value is -2.14. The molecule has 0 saturated carbocycles. The second-order valence-electron chi connectivity index (χ2n) is 5.72. The van der Waals surface area contributed by atoms with E-state index in [0.717, 1.165) is 32.6 Å². The number of hydrogen-bond donors (Lipinski definition) is 1. The van der Waals surface area contributed by atoms with Crippen LogP contribution in [-0.4, -0.2) is 39.7 Å². The predicted octanol–water partition coefficient (Wildman–Crippen LogP) is 1.45. The van der Waals surface area contributed by atoms with Crippen molar-refractivity contribution >= 4 is 5.91 Å². The third kappa shape index (κ3) is 3.36. The van der Waals surface area contributed by atoms with E-state index >= 15 is 0 Å². The number of carbonyl (C=O) groups is 1. The third-order valence-corrected chi connectivity index (χ3v) is 4.16. The lowest BCUT2D eigenvalue weighted by Crippen LogP contribution is -2.47. The number of carbonyl (C=O) groups excluding carboxylic acids is 1. The van der Waals surface area contributed by atoms with E-state index in [9.17, 15) is 4.79 Å². The van der Waals surface area contributed by atoms with Gasteiger partial charge in [0.1, 0.15) is 0 Å². The maximum atomic E-state index is 12.5. The molecule has 2 aromatic rings. The van der Waals surface area contributed by atoms with Gasteiger partial charge in [0.25, 0.3) is 0 Å². The fraction of sp³-hybridized carbons (Fsp3) is 0.412. The number of aromatic nitrogens is 2. The topological polar surface area (TPSA) is 50.2 Å². The quantitative estimate of drug-likeness (QED) is 0.909. The molecular formula is C17H22N4O. The van der Waals surface area contributed by atoms with Gasteiger partial charge in [0.2, 0.25) is 5.91 Å². The van der Waals surface area contributed by atoms with Gasteiger partial charge in [-0.25, -0.2) is 0 Å². The number of rotatable bonds is 5. The van der Waals surface area contributed by atoms with Gasteiger partial charge in [-0.2, -0.15) is 5.10 Å². The van der Waals surface area contributed by atoms with Gasteiger partial charge in [-0.3, -0.25) is 9.48 Å². The summed E-state index contributed by atoms with van der Waals surface area (Å²) in [4.78, 5) is 14.5. The van der Waals surface area contributed by atoms with Crippen LogP contribution in [0.4, 0.5) is 0 Å². The standard InChI is InChI=1S/C17H22N4O/c1-14(18-9-12-21-10-4-8-19-21)17(22)20-11-7-15-5-2-3-6-16(15)13-20/h2-6,8,10,14,18H,7,9,11-13H2,1H3. The molecule has 1 aromatic heterocycles. The zero-order chi connectivity index (χ0) is 15.4. The first-order valence-electron chi connectivity index (χ1n) is 7.80. The summed E-state index contributed by atoms with van der Waals surface area (Å²) in [6.45, 7) is 4.97. The lowest BCUT2D eigenvalue weighted by Gasteiger charge is -2.31. The zero-order valence-electron chi connectivity index (χ0n) is 12.9. The molecule has 116 valence electrons. The summed E-state index contributed by atoms with van der Waals surface area (Å²) in [6.07, 6.45) is 4.64. The van der Waals surface area contributed by atoms with Crippen LogP contribution in [0.1, 0.15) is 18.1 Å². The van der Waals surface area contributed by atoms with Gasteiger partial charge in [-0.05, 0) is 30.5 Å². The van der Waals surface area contributed by atoms with Gasteiger partial charge in [0, 0.05) is 32.0 Å². The Kier molecular flexibility index (Phi) is 4.53. The van der Waals surface area contributed by atoms with E-state index in [-0.39, 0.29) is 11.9 Å². The lowest BCUT2D eigenvalue weighted by atomic mass is 9.99. The molecule has 1 aliphatic rings. The molecule has 0 aliphatic carbocycles. The van der Waals surface area contributed by atoms with Crippen molar-refractivity contribution in [3.8, 4) is 0 Å². The Balaban J connectivity index is 1.51. The zero-order valence-corrected chi connectivity index (χ0v) is 12.9. The maximum absolute atomic E-state index is 12.5. The van der Waals surface area contributed by atoms with Crippen molar-refractivity contribution in [3.63, 3.8) is 0 Å². The Morgan fingerprint density at radius 2 is 2.14 bits per heavy atom. The van der Waals surface area contributed by atoms with E-state index in [1.54, 1.807) is 6.20 Å². The molecule has 1 aromatic carbocycles. The van der Waals surface area contributed by atoms with Crippen molar-refractivity contribution in [2.75, 3.05) is 13.1 Å². The summed E-state index contributed by atoms with van der Waals surface area (Å²) in [6, 6.07) is 10.1. The fourth-order valence-corrected chi connectivity index (χ4v) is 2.87. The summed E-state index contributed by atoms with van der Waals surface area (Å²) in [5.41, 5.74) is 2.64. The minimum absolute atomic E-state index is 0.166. The number of amides is 1. The Labute approximate surface area is 130 Å². The molecule has 5 nitrogen and oxygen atoms in total. The van der Waals surface area contributed by atoms with Crippen molar-refractivity contribution in [1.82, 2.24) is 20.0 Å². The highest BCUT2D eigenvalue weighted by Crippen LogP contribution is 2.18. The molecule has 5 heteroatoms. The van der Waals surface area contributed by atoms with E-state index in [2.05, 4.69) is 28.6 Å². The van der Waals surface area contributed by atoms with E-state index in [4.69, 9.17) is 0 Å². The molecule has 2 heterocycles. The molecule has 0 radical (unpaired) electrons. The maximum Gasteiger partial charge on any atom is 0.239 e. The van der Waals surface area contributed by atoms with Gasteiger partial charge in [-0.1, -0.05) is 24.3 Å². The molecule has 1 amide bonds. The monoisotopic (exact) mass is 298 g/mol. The first-order chi connectivity index (χ1) is 10.7. The average Bonchev–Trinajstić information content (AvgIpc) is 3.07. The minimum atomic E-state index is -0.166. The van der Waals surface area contributed by atoms with Crippen LogP contribution in [0.2, 0.25) is 0 Å². The van der Waals surface area contributed by atoms with Crippen LogP contribution in [0.25, 0.3) is 0 Å². The van der Waals surface area contributed by atoms with Crippen LogP contribution < -0.4 is 5.32 Å². The van der Waals surface area contributed by atoms with Crippen LogP contribution in [0.15, 0.2) is 42.7 Å². The van der Waals surface area contributed by atoms with Crippen LogP contribution in [0, 0.1) is 0 Å². The summed E-state index contributed by atoms with van der Waals surface area (Å²) < 4.78 is 1.86. The van der Waals surface area contributed by atoms with Crippen molar-refractivity contribution in [1.29, 1.82) is 0 Å². The Morgan fingerprint density at radius 1 is 1.32 bits per heavy atom. The van der Waals surface area contributed by atoms with E-state index in [1.807, 2.05) is 34.8 Å². The van der Waals surface area contributed by atoms with E-state index in [1.165, 1.54) is 11.1 Å². The highest BCUT2D eigenvalue weighted by Gasteiger charge is 2.23. The molecule has 1 atom stereocenters. The Bertz CT molecular complexity index is 623. The molecule has 0 spiro atoms. The molecule has 1 N–H and O–H groups in total. The number of nitrogens with one attached hydrogen (secondary N) is 1. The van der Waals surface area contributed by atoms with Crippen LogP contribution in [-0.2, 0) is 24.3 Å². The minimum Gasteiger partial charge on any atom is -0.337 e. The highest BCUT2D eigenvalue weighted by atomic mass is 16.2. The molecule has 1 aliphatic heterocycles. The highest BCUT2D eigenvalue weighted by molar-refractivity contribution is 5.81. The largest absolute Gasteiger partial charge is 0.337 e. The lowest BCUT2D eigenvalue weighted by molar-refractivity contribution is -0.134. The second kappa shape index (κ2) is 6.75. The summed E-state index contributed by atoms with van der Waals surface area (Å²) >= 11 is 0. The van der Waals surface area contributed by atoms with E-state index < -0.39 is 0 Å². The summed E-state index contributed by atoms with van der Waals surface area (Å²) in [7, 11) is 0. The van der Waals surface area contributed by atoms with Crippen molar-refractivity contribution in [2.24, 2.45) is 0 Å². The average molecular weight is 298 g/mol. The fourth-order valence-electron chi connectivity index (χ4n) is 2.87. The van der Waals surface area contributed by atoms with Gasteiger partial charge in [0.05, 0.1) is 12.6 Å². The van der Waals surface area contributed by atoms with Crippen molar-refractivity contribution in [3.05, 3.63) is 53.9 Å². The molecule has 0 fully saturated rings. The van der Waals surface area contributed by atoms with Gasteiger partial charge >= 0.3 is 0 Å². The van der Waals surface area contributed by atoms with Gasteiger partial charge in [0.15, 0.2) is 0 Å². The van der Waals surface area contributed by atoms with Crippen LogP contribution in [0.5, 0.6) is 0 Å².